The van der Waals surface area contributed by atoms with Gasteiger partial charge in [-0.1, -0.05) is 72.2 Å². The molecule has 0 aliphatic heterocycles. The molecule has 0 saturated heterocycles. The normalized spacial score (nSPS) is 15.2. The van der Waals surface area contributed by atoms with E-state index in [1.807, 2.05) is 72.0 Å². The van der Waals surface area contributed by atoms with Crippen LogP contribution in [-0.4, -0.2) is 89.4 Å². The molecule has 13 nitrogen and oxygen atoms in total. The van der Waals surface area contributed by atoms with Crippen LogP contribution in [0.5, 0.6) is 0 Å². The maximum Gasteiger partial charge on any atom is 0.326 e. The first-order chi connectivity index (χ1) is 22.5. The molecule has 0 aliphatic rings. The van der Waals surface area contributed by atoms with Gasteiger partial charge in [-0.15, -0.1) is 0 Å². The summed E-state index contributed by atoms with van der Waals surface area (Å²) in [5, 5.41) is 19.5. The molecule has 5 unspecified atom stereocenters. The topological polar surface area (TPSA) is 208 Å². The lowest BCUT2D eigenvalue weighted by Gasteiger charge is -2.37. The Morgan fingerprint density at radius 2 is 1.75 bits per heavy atom. The van der Waals surface area contributed by atoms with Crippen molar-refractivity contribution in [3.8, 4) is 0 Å². The Morgan fingerprint density at radius 3 is 2.31 bits per heavy atom. The molecular formula is C35H56N8O5. The molecular weight excluding hydrogens is 612 g/mol. The number of rotatable bonds is 18. The highest BCUT2D eigenvalue weighted by atomic mass is 16.4. The van der Waals surface area contributed by atoms with Crippen molar-refractivity contribution in [2.75, 3.05) is 20.6 Å². The zero-order valence-electron chi connectivity index (χ0n) is 29.9. The Balaban J connectivity index is 2.29. The van der Waals surface area contributed by atoms with Gasteiger partial charge >= 0.3 is 5.97 Å². The molecule has 0 radical (unpaired) electrons. The number of para-hydroxylation sites is 1. The molecule has 0 saturated carbocycles. The summed E-state index contributed by atoms with van der Waals surface area (Å²) in [6.07, 6.45) is 4.74. The van der Waals surface area contributed by atoms with E-state index < -0.39 is 41.5 Å². The number of guanidine groups is 1. The van der Waals surface area contributed by atoms with Gasteiger partial charge in [0.25, 0.3) is 0 Å². The maximum absolute atomic E-state index is 14.2. The van der Waals surface area contributed by atoms with E-state index in [0.29, 0.717) is 12.8 Å². The number of H-pyrrole nitrogens is 1. The summed E-state index contributed by atoms with van der Waals surface area (Å²) in [6.45, 7) is 13.6. The smallest absolute Gasteiger partial charge is 0.326 e. The number of aromatic amines is 1. The van der Waals surface area contributed by atoms with Gasteiger partial charge in [-0.25, -0.2) is 4.79 Å². The fourth-order valence-electron chi connectivity index (χ4n) is 5.98. The molecule has 13 heteroatoms. The summed E-state index contributed by atoms with van der Waals surface area (Å²) >= 11 is 0. The molecule has 266 valence electrons. The Hall–Kier alpha value is -4.39. The van der Waals surface area contributed by atoms with E-state index in [9.17, 15) is 24.3 Å². The van der Waals surface area contributed by atoms with E-state index in [-0.39, 0.29) is 48.1 Å². The molecule has 9 N–H and O–H groups in total. The first-order valence-corrected chi connectivity index (χ1v) is 16.6. The third-order valence-electron chi connectivity index (χ3n) is 9.14. The van der Waals surface area contributed by atoms with Crippen molar-refractivity contribution in [3.05, 3.63) is 47.7 Å². The van der Waals surface area contributed by atoms with Crippen LogP contribution < -0.4 is 27.4 Å². The van der Waals surface area contributed by atoms with Gasteiger partial charge in [0.2, 0.25) is 17.7 Å². The molecule has 0 fully saturated rings. The molecule has 5 atom stereocenters. The first-order valence-electron chi connectivity index (χ1n) is 16.6. The first kappa shape index (κ1) is 39.8. The number of aromatic nitrogens is 1. The van der Waals surface area contributed by atoms with E-state index in [2.05, 4.69) is 25.9 Å². The number of nitrogens with one attached hydrogen (secondary N) is 4. The number of carboxylic acid groups (broad SMARTS) is 1. The lowest BCUT2D eigenvalue weighted by atomic mass is 9.77. The van der Waals surface area contributed by atoms with Crippen LogP contribution in [0.4, 0.5) is 0 Å². The number of fused-ring (bicyclic) bond motifs is 1. The molecule has 2 aromatic rings. The Morgan fingerprint density at radius 1 is 1.10 bits per heavy atom. The standard InChI is InChI=1S/C35H56N8O5/c1-10-21(4)28(42-31(45)29(38-8)35(6,7)24-19-40-25-15-12-11-14-23(24)25)32(46)43(9)27(20(2)3)18-22(5)30(44)41-26(33(47)48)16-13-17-39-34(36)37/h11-12,14-15,18-21,26-29,38,40H,10,13,16-17H2,1-9H3,(H,41,44)(H,42,45)(H,47,48)(H4,36,37,39). The summed E-state index contributed by atoms with van der Waals surface area (Å²) in [5.74, 6) is -2.69. The quantitative estimate of drug-likeness (QED) is 0.0542. The third-order valence-corrected chi connectivity index (χ3v) is 9.14. The monoisotopic (exact) mass is 668 g/mol. The Bertz CT molecular complexity index is 1480. The SMILES string of the molecule is CCC(C)C(NC(=O)C(NC)C(C)(C)c1c[nH]c2ccccc12)C(=O)N(C)C(C=C(C)C(=O)NC(CCCN=C(N)N)C(=O)O)C(C)C. The fraction of sp³-hybridized carbons (Fsp3) is 0.571. The summed E-state index contributed by atoms with van der Waals surface area (Å²) in [7, 11) is 3.39. The average Bonchev–Trinajstić information content (AvgIpc) is 3.47. The number of aliphatic imine (C=N–C) groups is 1. The zero-order chi connectivity index (χ0) is 36.3. The number of benzene rings is 1. The van der Waals surface area contributed by atoms with Crippen molar-refractivity contribution in [2.45, 2.75) is 97.3 Å². The van der Waals surface area contributed by atoms with Crippen LogP contribution >= 0.6 is 0 Å². The van der Waals surface area contributed by atoms with Gasteiger partial charge in [0.15, 0.2) is 5.96 Å². The summed E-state index contributed by atoms with van der Waals surface area (Å²) in [4.78, 5) is 61.7. The lowest BCUT2D eigenvalue weighted by Crippen LogP contribution is -2.60. The summed E-state index contributed by atoms with van der Waals surface area (Å²) in [6, 6.07) is 4.80. The van der Waals surface area contributed by atoms with Crippen molar-refractivity contribution in [2.24, 2.45) is 28.3 Å². The molecule has 0 spiro atoms. The van der Waals surface area contributed by atoms with E-state index in [1.54, 1.807) is 32.0 Å². The predicted octanol–water partition coefficient (Wildman–Crippen LogP) is 2.62. The van der Waals surface area contributed by atoms with Gasteiger partial charge in [-0.3, -0.25) is 19.4 Å². The predicted molar refractivity (Wildman–Crippen MR) is 190 cm³/mol. The largest absolute Gasteiger partial charge is 0.480 e. The summed E-state index contributed by atoms with van der Waals surface area (Å²) in [5.41, 5.74) is 12.2. The van der Waals surface area contributed by atoms with Gasteiger partial charge in [-0.05, 0) is 50.3 Å². The molecule has 48 heavy (non-hydrogen) atoms. The number of nitrogens with zero attached hydrogens (tertiary/aromatic N) is 2. The highest BCUT2D eigenvalue weighted by Crippen LogP contribution is 2.33. The number of hydrogen-bond donors (Lipinski definition) is 7. The molecule has 2 rings (SSSR count). The highest BCUT2D eigenvalue weighted by Gasteiger charge is 2.40. The summed E-state index contributed by atoms with van der Waals surface area (Å²) < 4.78 is 0. The van der Waals surface area contributed by atoms with Crippen LogP contribution in [0.1, 0.15) is 73.3 Å². The van der Waals surface area contributed by atoms with Gasteiger partial charge in [0, 0.05) is 41.7 Å². The second-order valence-electron chi connectivity index (χ2n) is 13.4. The van der Waals surface area contributed by atoms with Crippen LogP contribution in [-0.2, 0) is 24.6 Å². The molecule has 1 heterocycles. The number of nitrogens with two attached hydrogens (primary N) is 2. The Labute approximate surface area is 284 Å². The van der Waals surface area contributed by atoms with Crippen molar-refractivity contribution >= 4 is 40.6 Å². The van der Waals surface area contributed by atoms with Gasteiger partial charge in [-0.2, -0.15) is 0 Å². The van der Waals surface area contributed by atoms with E-state index in [4.69, 9.17) is 11.5 Å². The molecule has 1 aromatic heterocycles. The Kier molecular flexibility index (Phi) is 14.6. The van der Waals surface area contributed by atoms with Gasteiger partial charge in [0.05, 0.1) is 12.1 Å². The van der Waals surface area contributed by atoms with Crippen molar-refractivity contribution in [3.63, 3.8) is 0 Å². The minimum Gasteiger partial charge on any atom is -0.480 e. The average molecular weight is 669 g/mol. The van der Waals surface area contributed by atoms with Crippen molar-refractivity contribution in [1.82, 2.24) is 25.8 Å². The van der Waals surface area contributed by atoms with Crippen LogP contribution in [0, 0.1) is 11.8 Å². The van der Waals surface area contributed by atoms with E-state index in [0.717, 1.165) is 16.5 Å². The van der Waals surface area contributed by atoms with Crippen LogP contribution in [0.25, 0.3) is 10.9 Å². The fourth-order valence-corrected chi connectivity index (χ4v) is 5.98. The van der Waals surface area contributed by atoms with Crippen molar-refractivity contribution < 1.29 is 24.3 Å². The highest BCUT2D eigenvalue weighted by molar-refractivity contribution is 5.96. The lowest BCUT2D eigenvalue weighted by molar-refractivity contribution is -0.141. The molecule has 0 bridgehead atoms. The molecule has 1 aromatic carbocycles. The second kappa shape index (κ2) is 17.7. The van der Waals surface area contributed by atoms with Crippen LogP contribution in [0.15, 0.2) is 47.1 Å². The minimum absolute atomic E-state index is 0.0886. The second-order valence-corrected chi connectivity index (χ2v) is 13.4. The number of aliphatic carboxylic acids is 1. The number of amides is 3. The third kappa shape index (κ3) is 10.1. The maximum atomic E-state index is 14.2. The van der Waals surface area contributed by atoms with E-state index in [1.165, 1.54) is 0 Å². The van der Waals surface area contributed by atoms with Crippen LogP contribution in [0.2, 0.25) is 0 Å². The molecule has 3 amide bonds. The zero-order valence-corrected chi connectivity index (χ0v) is 29.9. The number of hydrogen-bond acceptors (Lipinski definition) is 6. The van der Waals surface area contributed by atoms with E-state index >= 15 is 0 Å². The van der Waals surface area contributed by atoms with Crippen molar-refractivity contribution in [1.29, 1.82) is 0 Å². The molecule has 0 aliphatic carbocycles. The minimum atomic E-state index is -1.17. The number of carbonyl (C=O) groups excluding carboxylic acids is 3. The van der Waals surface area contributed by atoms with Gasteiger partial charge < -0.3 is 42.4 Å². The number of likely N-dealkylation sites (N-methyl/N-ethyl adjacent to an activating group) is 2. The number of carboxylic acids is 1. The number of carbonyl (C=O) groups is 4. The van der Waals surface area contributed by atoms with Gasteiger partial charge in [0.1, 0.15) is 12.1 Å². The van der Waals surface area contributed by atoms with Crippen LogP contribution in [0.3, 0.4) is 0 Å².